The second-order valence-corrected chi connectivity index (χ2v) is 5.09. The van der Waals surface area contributed by atoms with Crippen LogP contribution in [-0.4, -0.2) is 17.3 Å². The maximum absolute atomic E-state index is 13.3. The first kappa shape index (κ1) is 11.6. The molecule has 1 aliphatic rings. The van der Waals surface area contributed by atoms with Gasteiger partial charge in [0.2, 0.25) is 0 Å². The Morgan fingerprint density at radius 3 is 2.88 bits per heavy atom. The molecule has 0 N–H and O–H groups in total. The van der Waals surface area contributed by atoms with Gasteiger partial charge in [0.15, 0.2) is 0 Å². The molecule has 86 valence electrons. The lowest BCUT2D eigenvalue weighted by Crippen LogP contribution is -2.16. The molecule has 16 heavy (non-hydrogen) atoms. The Hall–Kier alpha value is -0.900. The molecule has 1 aromatic rings. The molecule has 0 aliphatic carbocycles. The molecule has 1 unspecified atom stereocenters. The maximum atomic E-state index is 13.3. The maximum Gasteiger partial charge on any atom is 0.141 e. The lowest BCUT2D eigenvalue weighted by molar-refractivity contribution is -0.121. The van der Waals surface area contributed by atoms with Crippen molar-refractivity contribution in [2.75, 3.05) is 11.5 Å². The third kappa shape index (κ3) is 2.61. The lowest BCUT2D eigenvalue weighted by Gasteiger charge is -2.07. The van der Waals surface area contributed by atoms with Crippen molar-refractivity contribution >= 4 is 17.5 Å². The molecule has 0 amide bonds. The van der Waals surface area contributed by atoms with Gasteiger partial charge in [0.25, 0.3) is 0 Å². The van der Waals surface area contributed by atoms with Crippen molar-refractivity contribution in [3.8, 4) is 0 Å². The smallest absolute Gasteiger partial charge is 0.141 e. The third-order valence-electron chi connectivity index (χ3n) is 2.76. The molecule has 0 aromatic heterocycles. The summed E-state index contributed by atoms with van der Waals surface area (Å²) in [6.45, 7) is 0. The van der Waals surface area contributed by atoms with E-state index >= 15 is 0 Å². The summed E-state index contributed by atoms with van der Waals surface area (Å²) in [5, 5.41) is 0. The topological polar surface area (TPSA) is 17.1 Å². The Labute approximate surface area is 97.2 Å². The van der Waals surface area contributed by atoms with Crippen molar-refractivity contribution in [2.45, 2.75) is 12.8 Å². The predicted octanol–water partition coefficient (Wildman–Crippen LogP) is 2.83. The van der Waals surface area contributed by atoms with Gasteiger partial charge >= 0.3 is 0 Å². The van der Waals surface area contributed by atoms with Crippen molar-refractivity contribution in [2.24, 2.45) is 5.92 Å². The molecule has 1 atom stereocenters. The summed E-state index contributed by atoms with van der Waals surface area (Å²) >= 11 is 1.75. The molecule has 1 aliphatic heterocycles. The van der Waals surface area contributed by atoms with Gasteiger partial charge in [0.05, 0.1) is 0 Å². The molecule has 1 saturated heterocycles. The van der Waals surface area contributed by atoms with E-state index in [0.717, 1.165) is 24.0 Å². The van der Waals surface area contributed by atoms with Crippen LogP contribution in [0.5, 0.6) is 0 Å². The number of hydrogen-bond donors (Lipinski definition) is 0. The van der Waals surface area contributed by atoms with E-state index in [-0.39, 0.29) is 18.1 Å². The molecular weight excluding hydrogens is 230 g/mol. The lowest BCUT2D eigenvalue weighted by atomic mass is 9.97. The Kier molecular flexibility index (Phi) is 3.59. The number of carbonyl (C=O) groups excluding carboxylic acids is 1. The number of Topliss-reactive ketones (excluding diaryl/α,β-unsaturated/α-hetero) is 1. The second kappa shape index (κ2) is 4.95. The fraction of sp³-hybridized carbons (Fsp3) is 0.417. The summed E-state index contributed by atoms with van der Waals surface area (Å²) in [6, 6.07) is 3.37. The highest BCUT2D eigenvalue weighted by molar-refractivity contribution is 7.99. The second-order valence-electron chi connectivity index (χ2n) is 3.94. The number of benzene rings is 1. The minimum absolute atomic E-state index is 0.0504. The van der Waals surface area contributed by atoms with Gasteiger partial charge in [-0.05, 0) is 23.8 Å². The van der Waals surface area contributed by atoms with Crippen LogP contribution in [0.15, 0.2) is 18.2 Å². The summed E-state index contributed by atoms with van der Waals surface area (Å²) < 4.78 is 26.0. The first-order valence-electron chi connectivity index (χ1n) is 5.21. The van der Waals surface area contributed by atoms with Crippen LogP contribution in [0.25, 0.3) is 0 Å². The molecule has 1 fully saturated rings. The summed E-state index contributed by atoms with van der Waals surface area (Å²) in [4.78, 5) is 11.8. The standard InChI is InChI=1S/C12H12F2OS/c13-10-2-1-8(11(14)6-10)5-12(15)9-3-4-16-7-9/h1-2,6,9H,3-5,7H2. The van der Waals surface area contributed by atoms with Gasteiger partial charge in [-0.25, -0.2) is 8.78 Å². The van der Waals surface area contributed by atoms with E-state index in [0.29, 0.717) is 5.56 Å². The van der Waals surface area contributed by atoms with E-state index < -0.39 is 11.6 Å². The first-order chi connectivity index (χ1) is 7.66. The van der Waals surface area contributed by atoms with Crippen LogP contribution in [0.1, 0.15) is 12.0 Å². The van der Waals surface area contributed by atoms with Crippen molar-refractivity contribution in [3.63, 3.8) is 0 Å². The SMILES string of the molecule is O=C(Cc1ccc(F)cc1F)C1CCSC1. The number of halogens is 2. The zero-order valence-corrected chi connectivity index (χ0v) is 9.53. The minimum Gasteiger partial charge on any atom is -0.299 e. The average Bonchev–Trinajstić information content (AvgIpc) is 2.75. The van der Waals surface area contributed by atoms with Gasteiger partial charge in [0.1, 0.15) is 17.4 Å². The van der Waals surface area contributed by atoms with Gasteiger partial charge < -0.3 is 0 Å². The zero-order valence-electron chi connectivity index (χ0n) is 8.71. The monoisotopic (exact) mass is 242 g/mol. The summed E-state index contributed by atoms with van der Waals surface area (Å²) in [5.74, 6) is 0.721. The number of hydrogen-bond acceptors (Lipinski definition) is 2. The van der Waals surface area contributed by atoms with Crippen LogP contribution in [0, 0.1) is 17.6 Å². The fourth-order valence-electron chi connectivity index (χ4n) is 1.79. The highest BCUT2D eigenvalue weighted by Crippen LogP contribution is 2.25. The molecule has 0 spiro atoms. The largest absolute Gasteiger partial charge is 0.299 e. The van der Waals surface area contributed by atoms with Gasteiger partial charge in [-0.2, -0.15) is 11.8 Å². The Morgan fingerprint density at radius 2 is 2.25 bits per heavy atom. The molecule has 1 nitrogen and oxygen atoms in total. The van der Waals surface area contributed by atoms with Gasteiger partial charge in [-0.3, -0.25) is 4.79 Å². The predicted molar refractivity (Wildman–Crippen MR) is 60.5 cm³/mol. The van der Waals surface area contributed by atoms with Crippen LogP contribution < -0.4 is 0 Å². The summed E-state index contributed by atoms with van der Waals surface area (Å²) in [6.07, 6.45) is 0.962. The number of ketones is 1. The van der Waals surface area contributed by atoms with Crippen molar-refractivity contribution in [3.05, 3.63) is 35.4 Å². The summed E-state index contributed by atoms with van der Waals surface area (Å²) in [5.41, 5.74) is 0.295. The minimum atomic E-state index is -0.626. The number of carbonyl (C=O) groups is 1. The van der Waals surface area contributed by atoms with Crippen LogP contribution in [0.3, 0.4) is 0 Å². The summed E-state index contributed by atoms with van der Waals surface area (Å²) in [7, 11) is 0. The molecular formula is C12H12F2OS. The van der Waals surface area contributed by atoms with E-state index in [9.17, 15) is 13.6 Å². The van der Waals surface area contributed by atoms with Crippen molar-refractivity contribution in [1.82, 2.24) is 0 Å². The zero-order chi connectivity index (χ0) is 11.5. The van der Waals surface area contributed by atoms with Crippen LogP contribution in [0.2, 0.25) is 0 Å². The van der Waals surface area contributed by atoms with Crippen LogP contribution in [-0.2, 0) is 11.2 Å². The Balaban J connectivity index is 2.05. The van der Waals surface area contributed by atoms with Crippen LogP contribution >= 0.6 is 11.8 Å². The van der Waals surface area contributed by atoms with E-state index in [4.69, 9.17) is 0 Å². The molecule has 0 saturated carbocycles. The van der Waals surface area contributed by atoms with E-state index in [2.05, 4.69) is 0 Å². The molecule has 2 rings (SSSR count). The highest BCUT2D eigenvalue weighted by Gasteiger charge is 2.23. The van der Waals surface area contributed by atoms with Crippen molar-refractivity contribution < 1.29 is 13.6 Å². The quantitative estimate of drug-likeness (QED) is 0.810. The molecule has 0 bridgehead atoms. The fourth-order valence-corrected chi connectivity index (χ4v) is 3.04. The highest BCUT2D eigenvalue weighted by atomic mass is 32.2. The molecule has 1 heterocycles. The van der Waals surface area contributed by atoms with E-state index in [1.54, 1.807) is 11.8 Å². The molecule has 4 heteroatoms. The van der Waals surface area contributed by atoms with Gasteiger partial charge in [-0.1, -0.05) is 6.07 Å². The van der Waals surface area contributed by atoms with E-state index in [1.165, 1.54) is 12.1 Å². The van der Waals surface area contributed by atoms with E-state index in [1.807, 2.05) is 0 Å². The van der Waals surface area contributed by atoms with Crippen LogP contribution in [0.4, 0.5) is 8.78 Å². The molecule has 0 radical (unpaired) electrons. The number of thioether (sulfide) groups is 1. The average molecular weight is 242 g/mol. The van der Waals surface area contributed by atoms with Crippen molar-refractivity contribution in [1.29, 1.82) is 0 Å². The Morgan fingerprint density at radius 1 is 1.44 bits per heavy atom. The normalized spacial score (nSPS) is 20.0. The third-order valence-corrected chi connectivity index (χ3v) is 3.93. The van der Waals surface area contributed by atoms with Gasteiger partial charge in [-0.15, -0.1) is 0 Å². The number of rotatable bonds is 3. The van der Waals surface area contributed by atoms with Gasteiger partial charge in [0, 0.05) is 24.2 Å². The first-order valence-corrected chi connectivity index (χ1v) is 6.36. The molecule has 1 aromatic carbocycles. The Bertz CT molecular complexity index is 400.